The van der Waals surface area contributed by atoms with Crippen molar-refractivity contribution < 1.29 is 17.9 Å². The maximum Gasteiger partial charge on any atom is 0.338 e. The second kappa shape index (κ2) is 7.91. The van der Waals surface area contributed by atoms with E-state index < -0.39 is 16.0 Å². The third-order valence-corrected chi connectivity index (χ3v) is 5.82. The predicted molar refractivity (Wildman–Crippen MR) is 101 cm³/mol. The number of esters is 1. The van der Waals surface area contributed by atoms with Gasteiger partial charge in [-0.05, 0) is 79.6 Å². The van der Waals surface area contributed by atoms with Crippen molar-refractivity contribution in [2.45, 2.75) is 43.9 Å². The number of aryl methyl sites for hydroxylation is 2. The summed E-state index contributed by atoms with van der Waals surface area (Å²) in [6.45, 7) is 2.29. The highest BCUT2D eigenvalue weighted by Crippen LogP contribution is 2.25. The molecule has 2 aromatic rings. The van der Waals surface area contributed by atoms with Crippen LogP contribution in [0.15, 0.2) is 47.4 Å². The number of benzene rings is 2. The molecule has 6 heteroatoms. The number of hydrogen-bond acceptors (Lipinski definition) is 4. The van der Waals surface area contributed by atoms with E-state index in [1.54, 1.807) is 36.4 Å². The summed E-state index contributed by atoms with van der Waals surface area (Å²) in [6, 6.07) is 11.6. The van der Waals surface area contributed by atoms with E-state index in [0.29, 0.717) is 17.9 Å². The van der Waals surface area contributed by atoms with Crippen LogP contribution in [0.5, 0.6) is 0 Å². The lowest BCUT2D eigenvalue weighted by atomic mass is 9.92. The Balaban J connectivity index is 1.74. The van der Waals surface area contributed by atoms with E-state index in [1.807, 2.05) is 13.0 Å². The van der Waals surface area contributed by atoms with Gasteiger partial charge in [0.05, 0.1) is 17.1 Å². The molecule has 1 N–H and O–H groups in total. The molecular weight excluding hydrogens is 350 g/mol. The van der Waals surface area contributed by atoms with Crippen molar-refractivity contribution in [2.24, 2.45) is 0 Å². The molecule has 1 aliphatic carbocycles. The fraction of sp³-hybridized carbons (Fsp3) is 0.350. The van der Waals surface area contributed by atoms with E-state index in [2.05, 4.69) is 4.72 Å². The Labute approximate surface area is 154 Å². The number of sulfonamides is 1. The molecule has 0 fully saturated rings. The van der Waals surface area contributed by atoms with Gasteiger partial charge in [-0.2, -0.15) is 0 Å². The predicted octanol–water partition coefficient (Wildman–Crippen LogP) is 3.93. The van der Waals surface area contributed by atoms with Crippen molar-refractivity contribution in [1.82, 2.24) is 0 Å². The normalized spacial score (nSPS) is 13.7. The molecule has 0 heterocycles. The molecule has 26 heavy (non-hydrogen) atoms. The molecule has 0 saturated carbocycles. The Morgan fingerprint density at radius 1 is 1.04 bits per heavy atom. The highest BCUT2D eigenvalue weighted by atomic mass is 32.2. The number of ether oxygens (including phenoxy) is 1. The molecule has 0 amide bonds. The zero-order valence-electron chi connectivity index (χ0n) is 14.8. The van der Waals surface area contributed by atoms with Crippen LogP contribution in [0.1, 0.15) is 47.7 Å². The van der Waals surface area contributed by atoms with E-state index in [9.17, 15) is 13.2 Å². The molecule has 0 atom stereocenters. The minimum atomic E-state index is -3.66. The van der Waals surface area contributed by atoms with Crippen molar-refractivity contribution in [3.63, 3.8) is 0 Å². The number of hydrogen-bond donors (Lipinski definition) is 1. The number of carbonyl (C=O) groups excluding carboxylic acids is 1. The minimum Gasteiger partial charge on any atom is -0.462 e. The van der Waals surface area contributed by atoms with Gasteiger partial charge in [0, 0.05) is 5.69 Å². The van der Waals surface area contributed by atoms with Crippen LogP contribution in [0.2, 0.25) is 0 Å². The molecule has 0 unspecified atom stereocenters. The van der Waals surface area contributed by atoms with Gasteiger partial charge in [-0.25, -0.2) is 13.2 Å². The highest BCUT2D eigenvalue weighted by Gasteiger charge is 2.18. The fourth-order valence-electron chi connectivity index (χ4n) is 3.04. The van der Waals surface area contributed by atoms with Crippen molar-refractivity contribution >= 4 is 21.7 Å². The van der Waals surface area contributed by atoms with Gasteiger partial charge in [-0.1, -0.05) is 13.0 Å². The van der Waals surface area contributed by atoms with Crippen molar-refractivity contribution in [3.8, 4) is 0 Å². The molecule has 138 valence electrons. The SMILES string of the molecule is CCCOC(=O)c1ccc(NS(=O)(=O)c2ccc3c(c2)CCCC3)cc1. The summed E-state index contributed by atoms with van der Waals surface area (Å²) in [5.41, 5.74) is 3.17. The van der Waals surface area contributed by atoms with Gasteiger partial charge in [-0.3, -0.25) is 4.72 Å². The number of fused-ring (bicyclic) bond motifs is 1. The van der Waals surface area contributed by atoms with E-state index in [-0.39, 0.29) is 4.90 Å². The maximum atomic E-state index is 12.6. The maximum absolute atomic E-state index is 12.6. The van der Waals surface area contributed by atoms with Crippen LogP contribution in [0.4, 0.5) is 5.69 Å². The van der Waals surface area contributed by atoms with E-state index >= 15 is 0 Å². The molecular formula is C20H23NO4S. The van der Waals surface area contributed by atoms with Gasteiger partial charge >= 0.3 is 5.97 Å². The molecule has 0 aromatic heterocycles. The summed E-state index contributed by atoms with van der Waals surface area (Å²) in [4.78, 5) is 12.1. The summed E-state index contributed by atoms with van der Waals surface area (Å²) in [5, 5.41) is 0. The van der Waals surface area contributed by atoms with Gasteiger partial charge in [-0.15, -0.1) is 0 Å². The van der Waals surface area contributed by atoms with Gasteiger partial charge < -0.3 is 4.74 Å². The first kappa shape index (κ1) is 18.5. The van der Waals surface area contributed by atoms with Gasteiger partial charge in [0.25, 0.3) is 10.0 Å². The molecule has 2 aromatic carbocycles. The molecule has 0 spiro atoms. The van der Waals surface area contributed by atoms with Crippen LogP contribution in [0, 0.1) is 0 Å². The van der Waals surface area contributed by atoms with Crippen molar-refractivity contribution in [2.75, 3.05) is 11.3 Å². The zero-order chi connectivity index (χ0) is 18.6. The summed E-state index contributed by atoms with van der Waals surface area (Å²) < 4.78 is 32.9. The second-order valence-corrected chi connectivity index (χ2v) is 8.14. The van der Waals surface area contributed by atoms with E-state index in [0.717, 1.165) is 37.7 Å². The summed E-state index contributed by atoms with van der Waals surface area (Å²) in [7, 11) is -3.66. The Bertz CT molecular complexity index is 889. The Morgan fingerprint density at radius 2 is 1.73 bits per heavy atom. The number of carbonyl (C=O) groups is 1. The smallest absolute Gasteiger partial charge is 0.338 e. The third kappa shape index (κ3) is 4.25. The quantitative estimate of drug-likeness (QED) is 0.779. The summed E-state index contributed by atoms with van der Waals surface area (Å²) >= 11 is 0. The average Bonchev–Trinajstić information content (AvgIpc) is 2.66. The standard InChI is InChI=1S/C20H23NO4S/c1-2-13-25-20(22)16-7-10-18(11-8-16)21-26(23,24)19-12-9-15-5-3-4-6-17(15)14-19/h7-12,14,21H,2-6,13H2,1H3. The first-order chi connectivity index (χ1) is 12.5. The Kier molecular flexibility index (Phi) is 5.61. The van der Waals surface area contributed by atoms with Gasteiger partial charge in [0.2, 0.25) is 0 Å². The van der Waals surface area contributed by atoms with Crippen LogP contribution in [-0.2, 0) is 27.6 Å². The molecule has 0 radical (unpaired) electrons. The van der Waals surface area contributed by atoms with E-state index in [4.69, 9.17) is 4.74 Å². The minimum absolute atomic E-state index is 0.268. The first-order valence-electron chi connectivity index (χ1n) is 8.91. The van der Waals surface area contributed by atoms with Crippen LogP contribution >= 0.6 is 0 Å². The van der Waals surface area contributed by atoms with Gasteiger partial charge in [0.15, 0.2) is 0 Å². The third-order valence-electron chi connectivity index (χ3n) is 4.44. The number of rotatable bonds is 6. The van der Waals surface area contributed by atoms with Crippen LogP contribution in [0.25, 0.3) is 0 Å². The molecule has 0 bridgehead atoms. The Hall–Kier alpha value is -2.34. The summed E-state index contributed by atoms with van der Waals surface area (Å²) in [6.07, 6.45) is 4.94. The first-order valence-corrected chi connectivity index (χ1v) is 10.4. The highest BCUT2D eigenvalue weighted by molar-refractivity contribution is 7.92. The zero-order valence-corrected chi connectivity index (χ0v) is 15.6. The molecule has 5 nitrogen and oxygen atoms in total. The van der Waals surface area contributed by atoms with Crippen LogP contribution in [0.3, 0.4) is 0 Å². The lowest BCUT2D eigenvalue weighted by Crippen LogP contribution is -2.14. The summed E-state index contributed by atoms with van der Waals surface area (Å²) in [5.74, 6) is -0.407. The van der Waals surface area contributed by atoms with Gasteiger partial charge in [0.1, 0.15) is 0 Å². The number of anilines is 1. The second-order valence-electron chi connectivity index (χ2n) is 6.46. The fourth-order valence-corrected chi connectivity index (χ4v) is 4.15. The largest absolute Gasteiger partial charge is 0.462 e. The number of nitrogens with one attached hydrogen (secondary N) is 1. The molecule has 1 aliphatic rings. The monoisotopic (exact) mass is 373 g/mol. The van der Waals surface area contributed by atoms with Crippen LogP contribution in [-0.4, -0.2) is 21.0 Å². The topological polar surface area (TPSA) is 72.5 Å². The Morgan fingerprint density at radius 3 is 2.42 bits per heavy atom. The van der Waals surface area contributed by atoms with E-state index in [1.165, 1.54) is 5.56 Å². The average molecular weight is 373 g/mol. The lowest BCUT2D eigenvalue weighted by molar-refractivity contribution is 0.0505. The molecule has 3 rings (SSSR count). The van der Waals surface area contributed by atoms with Crippen LogP contribution < -0.4 is 4.72 Å². The molecule has 0 aliphatic heterocycles. The lowest BCUT2D eigenvalue weighted by Gasteiger charge is -2.17. The molecule has 0 saturated heterocycles. The van der Waals surface area contributed by atoms with Crippen molar-refractivity contribution in [1.29, 1.82) is 0 Å². The van der Waals surface area contributed by atoms with Crippen molar-refractivity contribution in [3.05, 3.63) is 59.2 Å².